The Bertz CT molecular complexity index is 961. The SMILES string of the molecule is c1ccc(Oc2nc(-c3ccccn3)nnc2-c2ccccc2)cc1. The molecule has 120 valence electrons. The van der Waals surface area contributed by atoms with Crippen LogP contribution in [0.5, 0.6) is 11.6 Å². The molecule has 0 saturated carbocycles. The molecule has 4 aromatic rings. The van der Waals surface area contributed by atoms with Crippen LogP contribution in [0.4, 0.5) is 0 Å². The third-order valence-corrected chi connectivity index (χ3v) is 3.55. The van der Waals surface area contributed by atoms with Crippen LogP contribution in [0, 0.1) is 0 Å². The molecular formula is C20H14N4O. The summed E-state index contributed by atoms with van der Waals surface area (Å²) >= 11 is 0. The second-order valence-electron chi connectivity index (χ2n) is 5.29. The lowest BCUT2D eigenvalue weighted by molar-refractivity contribution is 0.460. The van der Waals surface area contributed by atoms with Crippen molar-refractivity contribution >= 4 is 0 Å². The zero-order valence-electron chi connectivity index (χ0n) is 13.3. The fourth-order valence-electron chi connectivity index (χ4n) is 2.36. The first-order valence-corrected chi connectivity index (χ1v) is 7.84. The van der Waals surface area contributed by atoms with E-state index in [0.29, 0.717) is 28.8 Å². The zero-order valence-corrected chi connectivity index (χ0v) is 13.3. The summed E-state index contributed by atoms with van der Waals surface area (Å²) in [7, 11) is 0. The van der Waals surface area contributed by atoms with Crippen LogP contribution in [0.2, 0.25) is 0 Å². The van der Waals surface area contributed by atoms with Crippen molar-refractivity contribution < 1.29 is 4.74 Å². The van der Waals surface area contributed by atoms with E-state index in [1.807, 2.05) is 78.9 Å². The van der Waals surface area contributed by atoms with Crippen molar-refractivity contribution in [3.63, 3.8) is 0 Å². The average Bonchev–Trinajstić information content (AvgIpc) is 2.70. The van der Waals surface area contributed by atoms with Gasteiger partial charge in [-0.2, -0.15) is 4.98 Å². The predicted octanol–water partition coefficient (Wildman–Crippen LogP) is 4.39. The van der Waals surface area contributed by atoms with Crippen molar-refractivity contribution in [2.75, 3.05) is 0 Å². The van der Waals surface area contributed by atoms with E-state index in [1.165, 1.54) is 0 Å². The van der Waals surface area contributed by atoms with E-state index >= 15 is 0 Å². The molecule has 0 aliphatic carbocycles. The maximum Gasteiger partial charge on any atom is 0.250 e. The van der Waals surface area contributed by atoms with Gasteiger partial charge in [-0.15, -0.1) is 10.2 Å². The molecule has 5 heteroatoms. The largest absolute Gasteiger partial charge is 0.437 e. The highest BCUT2D eigenvalue weighted by atomic mass is 16.5. The van der Waals surface area contributed by atoms with Gasteiger partial charge in [0.2, 0.25) is 11.7 Å². The Kier molecular flexibility index (Phi) is 4.12. The Labute approximate surface area is 145 Å². The Morgan fingerprint density at radius 1 is 0.680 bits per heavy atom. The van der Waals surface area contributed by atoms with Crippen LogP contribution in [0.25, 0.3) is 22.8 Å². The van der Waals surface area contributed by atoms with Gasteiger partial charge in [-0.25, -0.2) is 0 Å². The van der Waals surface area contributed by atoms with Gasteiger partial charge >= 0.3 is 0 Å². The van der Waals surface area contributed by atoms with Gasteiger partial charge < -0.3 is 4.74 Å². The topological polar surface area (TPSA) is 60.8 Å². The molecule has 2 heterocycles. The summed E-state index contributed by atoms with van der Waals surface area (Å²) in [5.41, 5.74) is 2.12. The molecule has 25 heavy (non-hydrogen) atoms. The molecule has 0 radical (unpaired) electrons. The first kappa shape index (κ1) is 15.0. The van der Waals surface area contributed by atoms with Crippen molar-refractivity contribution in [2.24, 2.45) is 0 Å². The lowest BCUT2D eigenvalue weighted by Crippen LogP contribution is -2.01. The molecule has 0 aliphatic rings. The van der Waals surface area contributed by atoms with Crippen LogP contribution in [0.15, 0.2) is 85.1 Å². The van der Waals surface area contributed by atoms with Crippen molar-refractivity contribution in [3.05, 3.63) is 85.1 Å². The van der Waals surface area contributed by atoms with Crippen LogP contribution in [-0.2, 0) is 0 Å². The Morgan fingerprint density at radius 2 is 1.40 bits per heavy atom. The molecule has 2 aromatic heterocycles. The van der Waals surface area contributed by atoms with E-state index in [2.05, 4.69) is 20.2 Å². The number of rotatable bonds is 4. The molecule has 0 N–H and O–H groups in total. The zero-order chi connectivity index (χ0) is 16.9. The quantitative estimate of drug-likeness (QED) is 0.556. The maximum absolute atomic E-state index is 5.98. The van der Waals surface area contributed by atoms with Crippen LogP contribution < -0.4 is 4.74 Å². The molecule has 5 nitrogen and oxygen atoms in total. The average molecular weight is 326 g/mol. The minimum atomic E-state index is 0.396. The minimum Gasteiger partial charge on any atom is -0.437 e. The summed E-state index contributed by atoms with van der Waals surface area (Å²) in [6.45, 7) is 0. The molecule has 0 amide bonds. The van der Waals surface area contributed by atoms with Gasteiger partial charge in [0.1, 0.15) is 11.4 Å². The van der Waals surface area contributed by atoms with Gasteiger partial charge in [0, 0.05) is 11.8 Å². The third kappa shape index (κ3) is 3.35. The van der Waals surface area contributed by atoms with Gasteiger partial charge in [0.05, 0.1) is 0 Å². The maximum atomic E-state index is 5.98. The summed E-state index contributed by atoms with van der Waals surface area (Å²) in [6, 6.07) is 24.8. The summed E-state index contributed by atoms with van der Waals surface area (Å²) in [6.07, 6.45) is 1.70. The third-order valence-electron chi connectivity index (χ3n) is 3.55. The molecule has 0 spiro atoms. The van der Waals surface area contributed by atoms with E-state index in [-0.39, 0.29) is 0 Å². The second-order valence-corrected chi connectivity index (χ2v) is 5.29. The number of pyridine rings is 1. The van der Waals surface area contributed by atoms with E-state index in [0.717, 1.165) is 5.56 Å². The molecule has 2 aromatic carbocycles. The summed E-state index contributed by atoms with van der Waals surface area (Å²) in [5.74, 6) is 1.51. The normalized spacial score (nSPS) is 10.4. The van der Waals surface area contributed by atoms with Crippen LogP contribution in [0.1, 0.15) is 0 Å². The van der Waals surface area contributed by atoms with Crippen LogP contribution in [0.3, 0.4) is 0 Å². The molecule has 0 aliphatic heterocycles. The van der Waals surface area contributed by atoms with Gasteiger partial charge in [-0.3, -0.25) is 4.98 Å². The highest BCUT2D eigenvalue weighted by Gasteiger charge is 2.15. The van der Waals surface area contributed by atoms with Gasteiger partial charge in [0.25, 0.3) is 0 Å². The van der Waals surface area contributed by atoms with Crippen molar-refractivity contribution in [1.82, 2.24) is 20.2 Å². The molecule has 0 bridgehead atoms. The van der Waals surface area contributed by atoms with Gasteiger partial charge in [-0.1, -0.05) is 54.6 Å². The molecular weight excluding hydrogens is 312 g/mol. The number of para-hydroxylation sites is 1. The summed E-state index contributed by atoms with van der Waals surface area (Å²) < 4.78 is 5.98. The minimum absolute atomic E-state index is 0.396. The molecule has 0 saturated heterocycles. The van der Waals surface area contributed by atoms with E-state index in [9.17, 15) is 0 Å². The first-order chi connectivity index (χ1) is 12.4. The first-order valence-electron chi connectivity index (χ1n) is 7.84. The standard InChI is InChI=1S/C20H14N4O/c1-3-9-15(10-4-1)18-20(25-16-11-5-2-6-12-16)22-19(24-23-18)17-13-7-8-14-21-17/h1-14H. The fraction of sp³-hybridized carbons (Fsp3) is 0. The second kappa shape index (κ2) is 6.88. The Morgan fingerprint density at radius 3 is 2.12 bits per heavy atom. The highest BCUT2D eigenvalue weighted by molar-refractivity contribution is 5.65. The van der Waals surface area contributed by atoms with Gasteiger partial charge in [0.15, 0.2) is 5.69 Å². The number of nitrogens with zero attached hydrogens (tertiary/aromatic N) is 4. The summed E-state index contributed by atoms with van der Waals surface area (Å²) in [4.78, 5) is 8.84. The lowest BCUT2D eigenvalue weighted by atomic mass is 10.1. The van der Waals surface area contributed by atoms with E-state index in [1.54, 1.807) is 6.20 Å². The Balaban J connectivity index is 1.81. The fourth-order valence-corrected chi connectivity index (χ4v) is 2.36. The van der Waals surface area contributed by atoms with Crippen molar-refractivity contribution in [3.8, 4) is 34.4 Å². The lowest BCUT2D eigenvalue weighted by Gasteiger charge is -2.10. The molecule has 4 rings (SSSR count). The van der Waals surface area contributed by atoms with Crippen LogP contribution >= 0.6 is 0 Å². The highest BCUT2D eigenvalue weighted by Crippen LogP contribution is 2.30. The smallest absolute Gasteiger partial charge is 0.250 e. The molecule has 0 atom stereocenters. The number of hydrogen-bond acceptors (Lipinski definition) is 5. The van der Waals surface area contributed by atoms with Gasteiger partial charge in [-0.05, 0) is 24.3 Å². The molecule has 0 unspecified atom stereocenters. The van der Waals surface area contributed by atoms with Crippen LogP contribution in [-0.4, -0.2) is 20.2 Å². The number of ether oxygens (including phenoxy) is 1. The summed E-state index contributed by atoms with van der Waals surface area (Å²) in [5, 5.41) is 8.57. The monoisotopic (exact) mass is 326 g/mol. The van der Waals surface area contributed by atoms with E-state index < -0.39 is 0 Å². The predicted molar refractivity (Wildman–Crippen MR) is 95.0 cm³/mol. The van der Waals surface area contributed by atoms with Crippen molar-refractivity contribution in [2.45, 2.75) is 0 Å². The number of benzene rings is 2. The Hall–Kier alpha value is -3.60. The molecule has 0 fully saturated rings. The van der Waals surface area contributed by atoms with Crippen molar-refractivity contribution in [1.29, 1.82) is 0 Å². The van der Waals surface area contributed by atoms with E-state index in [4.69, 9.17) is 4.74 Å². The number of hydrogen-bond donors (Lipinski definition) is 0. The number of aromatic nitrogens is 4.